The third-order valence-electron chi connectivity index (χ3n) is 4.58. The van der Waals surface area contributed by atoms with E-state index in [4.69, 9.17) is 0 Å². The Morgan fingerprint density at radius 1 is 1.08 bits per heavy atom. The van der Waals surface area contributed by atoms with Crippen LogP contribution in [0.3, 0.4) is 0 Å². The van der Waals surface area contributed by atoms with Gasteiger partial charge in [0.05, 0.1) is 17.7 Å². The molecule has 132 valence electrons. The summed E-state index contributed by atoms with van der Waals surface area (Å²) in [5, 5.41) is 0. The molecule has 0 fully saturated rings. The number of para-hydroxylation sites is 1. The number of fused-ring (bicyclic) bond motifs is 1. The summed E-state index contributed by atoms with van der Waals surface area (Å²) in [6.45, 7) is 1.77. The fraction of sp³-hybridized carbons (Fsp3) is 0.200. The quantitative estimate of drug-likeness (QED) is 0.722. The molecule has 0 bridgehead atoms. The number of benzene rings is 2. The summed E-state index contributed by atoms with van der Waals surface area (Å²) >= 11 is 0. The molecule has 0 atom stereocenters. The van der Waals surface area contributed by atoms with Crippen molar-refractivity contribution < 1.29 is 9.18 Å². The van der Waals surface area contributed by atoms with Gasteiger partial charge in [0.1, 0.15) is 5.82 Å². The minimum Gasteiger partial charge on any atom is -0.338 e. The number of anilines is 3. The molecule has 0 radical (unpaired) electrons. The van der Waals surface area contributed by atoms with Crippen LogP contribution in [0.2, 0.25) is 0 Å². The van der Waals surface area contributed by atoms with E-state index in [1.807, 2.05) is 41.1 Å². The monoisotopic (exact) mass is 350 g/mol. The van der Waals surface area contributed by atoms with Crippen molar-refractivity contribution in [1.29, 1.82) is 0 Å². The Bertz CT molecular complexity index is 895. The van der Waals surface area contributed by atoms with Crippen molar-refractivity contribution in [2.45, 2.75) is 13.0 Å². The number of halogens is 1. The summed E-state index contributed by atoms with van der Waals surface area (Å²) in [6.07, 6.45) is 5.60. The molecule has 0 unspecified atom stereocenters. The molecular formula is C20H19FN4O. The standard InChI is InChI=1S/C20H19FN4O/c21-16-6-7-18-19(14-16)24(17-4-2-1-3-5-17)12-13-25(18)20(26)8-10-23-11-9-22-15-23/h1-7,9,11,14-15H,8,10,12-13H2. The van der Waals surface area contributed by atoms with Crippen LogP contribution >= 0.6 is 0 Å². The molecule has 0 saturated heterocycles. The largest absolute Gasteiger partial charge is 0.338 e. The van der Waals surface area contributed by atoms with Crippen molar-refractivity contribution in [2.24, 2.45) is 0 Å². The zero-order chi connectivity index (χ0) is 17.9. The van der Waals surface area contributed by atoms with E-state index in [1.54, 1.807) is 23.5 Å². The fourth-order valence-electron chi connectivity index (χ4n) is 3.30. The summed E-state index contributed by atoms with van der Waals surface area (Å²) in [5.74, 6) is -0.281. The Morgan fingerprint density at radius 3 is 2.69 bits per heavy atom. The van der Waals surface area contributed by atoms with E-state index < -0.39 is 0 Å². The molecule has 0 aliphatic carbocycles. The molecule has 5 nitrogen and oxygen atoms in total. The molecule has 0 N–H and O–H groups in total. The van der Waals surface area contributed by atoms with Crippen LogP contribution in [-0.4, -0.2) is 28.5 Å². The zero-order valence-corrected chi connectivity index (χ0v) is 14.3. The molecule has 2 aromatic carbocycles. The highest BCUT2D eigenvalue weighted by atomic mass is 19.1. The van der Waals surface area contributed by atoms with E-state index in [-0.39, 0.29) is 11.7 Å². The Kier molecular flexibility index (Phi) is 4.39. The first kappa shape index (κ1) is 16.3. The van der Waals surface area contributed by atoms with Gasteiger partial charge in [0, 0.05) is 44.1 Å². The second-order valence-corrected chi connectivity index (χ2v) is 6.22. The van der Waals surface area contributed by atoms with Crippen LogP contribution in [0, 0.1) is 5.82 Å². The van der Waals surface area contributed by atoms with E-state index in [1.165, 1.54) is 12.1 Å². The Labute approximate surface area is 151 Å². The molecule has 1 aliphatic heterocycles. The number of imidazole rings is 1. The summed E-state index contributed by atoms with van der Waals surface area (Å²) < 4.78 is 15.8. The van der Waals surface area contributed by atoms with Crippen molar-refractivity contribution in [2.75, 3.05) is 22.9 Å². The van der Waals surface area contributed by atoms with Crippen molar-refractivity contribution in [1.82, 2.24) is 9.55 Å². The molecule has 4 rings (SSSR count). The van der Waals surface area contributed by atoms with E-state index in [9.17, 15) is 9.18 Å². The van der Waals surface area contributed by atoms with Crippen molar-refractivity contribution >= 4 is 23.0 Å². The number of amides is 1. The normalized spacial score (nSPS) is 13.6. The van der Waals surface area contributed by atoms with Gasteiger partial charge in [-0.1, -0.05) is 18.2 Å². The Hall–Kier alpha value is -3.15. The van der Waals surface area contributed by atoms with Gasteiger partial charge in [-0.3, -0.25) is 4.79 Å². The molecular weight excluding hydrogens is 331 g/mol. The molecule has 1 aliphatic rings. The van der Waals surface area contributed by atoms with E-state index in [0.29, 0.717) is 26.1 Å². The number of carbonyl (C=O) groups is 1. The van der Waals surface area contributed by atoms with Gasteiger partial charge in [-0.2, -0.15) is 0 Å². The lowest BCUT2D eigenvalue weighted by molar-refractivity contribution is -0.118. The lowest BCUT2D eigenvalue weighted by atomic mass is 10.1. The summed E-state index contributed by atoms with van der Waals surface area (Å²) in [7, 11) is 0. The molecule has 1 amide bonds. The van der Waals surface area contributed by atoms with E-state index in [2.05, 4.69) is 9.88 Å². The van der Waals surface area contributed by atoms with Gasteiger partial charge >= 0.3 is 0 Å². The molecule has 3 aromatic rings. The number of aromatic nitrogens is 2. The average molecular weight is 350 g/mol. The van der Waals surface area contributed by atoms with Gasteiger partial charge in [-0.25, -0.2) is 9.37 Å². The number of nitrogens with zero attached hydrogens (tertiary/aromatic N) is 4. The Balaban J connectivity index is 1.61. The van der Waals surface area contributed by atoms with Crippen LogP contribution < -0.4 is 9.80 Å². The minimum atomic E-state index is -0.308. The highest BCUT2D eigenvalue weighted by molar-refractivity contribution is 5.98. The molecule has 0 saturated carbocycles. The van der Waals surface area contributed by atoms with Gasteiger partial charge in [0.25, 0.3) is 0 Å². The first-order valence-electron chi connectivity index (χ1n) is 8.60. The number of hydrogen-bond acceptors (Lipinski definition) is 3. The van der Waals surface area contributed by atoms with Crippen LogP contribution in [0.1, 0.15) is 6.42 Å². The van der Waals surface area contributed by atoms with Gasteiger partial charge in [0.15, 0.2) is 0 Å². The highest BCUT2D eigenvalue weighted by Crippen LogP contribution is 2.38. The maximum atomic E-state index is 13.9. The summed E-state index contributed by atoms with van der Waals surface area (Å²) in [5.41, 5.74) is 2.46. The van der Waals surface area contributed by atoms with Crippen molar-refractivity contribution in [3.63, 3.8) is 0 Å². The average Bonchev–Trinajstić information content (AvgIpc) is 3.19. The Morgan fingerprint density at radius 2 is 1.92 bits per heavy atom. The van der Waals surface area contributed by atoms with Crippen molar-refractivity contribution in [3.05, 3.63) is 73.1 Å². The SMILES string of the molecule is O=C(CCn1ccnc1)N1CCN(c2ccccc2)c2cc(F)ccc21. The third-order valence-corrected chi connectivity index (χ3v) is 4.58. The highest BCUT2D eigenvalue weighted by Gasteiger charge is 2.27. The number of aryl methyl sites for hydroxylation is 1. The second-order valence-electron chi connectivity index (χ2n) is 6.22. The predicted octanol–water partition coefficient (Wildman–Crippen LogP) is 3.60. The first-order valence-corrected chi connectivity index (χ1v) is 8.60. The lowest BCUT2D eigenvalue weighted by Crippen LogP contribution is -2.42. The number of carbonyl (C=O) groups excluding carboxylic acids is 1. The zero-order valence-electron chi connectivity index (χ0n) is 14.3. The molecule has 26 heavy (non-hydrogen) atoms. The topological polar surface area (TPSA) is 41.4 Å². The molecule has 2 heterocycles. The van der Waals surface area contributed by atoms with Crippen LogP contribution in [-0.2, 0) is 11.3 Å². The first-order chi connectivity index (χ1) is 12.7. The van der Waals surface area contributed by atoms with E-state index in [0.717, 1.165) is 17.1 Å². The minimum absolute atomic E-state index is 0.0271. The van der Waals surface area contributed by atoms with Crippen LogP contribution in [0.25, 0.3) is 0 Å². The maximum absolute atomic E-state index is 13.9. The van der Waals surface area contributed by atoms with E-state index >= 15 is 0 Å². The third kappa shape index (κ3) is 3.18. The van der Waals surface area contributed by atoms with Gasteiger partial charge < -0.3 is 14.4 Å². The van der Waals surface area contributed by atoms with Gasteiger partial charge in [-0.15, -0.1) is 0 Å². The number of hydrogen-bond donors (Lipinski definition) is 0. The smallest absolute Gasteiger partial charge is 0.228 e. The molecule has 1 aromatic heterocycles. The molecule has 0 spiro atoms. The maximum Gasteiger partial charge on any atom is 0.228 e. The number of rotatable bonds is 4. The van der Waals surface area contributed by atoms with Crippen LogP contribution in [0.4, 0.5) is 21.5 Å². The summed E-state index contributed by atoms with van der Waals surface area (Å²) in [6, 6.07) is 14.4. The summed E-state index contributed by atoms with van der Waals surface area (Å²) in [4.78, 5) is 20.6. The lowest BCUT2D eigenvalue weighted by Gasteiger charge is -2.38. The van der Waals surface area contributed by atoms with Gasteiger partial charge in [-0.05, 0) is 30.3 Å². The van der Waals surface area contributed by atoms with Crippen LogP contribution in [0.5, 0.6) is 0 Å². The van der Waals surface area contributed by atoms with Gasteiger partial charge in [0.2, 0.25) is 5.91 Å². The second kappa shape index (κ2) is 7.00. The van der Waals surface area contributed by atoms with Crippen LogP contribution in [0.15, 0.2) is 67.3 Å². The fourth-order valence-corrected chi connectivity index (χ4v) is 3.30. The molecule has 6 heteroatoms. The predicted molar refractivity (Wildman–Crippen MR) is 99.0 cm³/mol. The van der Waals surface area contributed by atoms with Crippen molar-refractivity contribution in [3.8, 4) is 0 Å².